The molecular weight excluding hydrogens is 462 g/mol. The summed E-state index contributed by atoms with van der Waals surface area (Å²) in [6.07, 6.45) is -0.583. The lowest BCUT2D eigenvalue weighted by Crippen LogP contribution is -2.37. The van der Waals surface area contributed by atoms with E-state index in [4.69, 9.17) is 16.3 Å². The Morgan fingerprint density at radius 1 is 1.29 bits per heavy atom. The molecule has 2 aliphatic rings. The van der Waals surface area contributed by atoms with Gasteiger partial charge in [0.05, 0.1) is 17.5 Å². The van der Waals surface area contributed by atoms with Gasteiger partial charge in [0.1, 0.15) is 5.60 Å². The Morgan fingerprint density at radius 2 is 2.00 bits per heavy atom. The lowest BCUT2D eigenvalue weighted by molar-refractivity contribution is -0.117. The molecule has 0 radical (unpaired) electrons. The summed E-state index contributed by atoms with van der Waals surface area (Å²) in [6.45, 7) is 5.73. The summed E-state index contributed by atoms with van der Waals surface area (Å²) >= 11 is 7.60. The van der Waals surface area contributed by atoms with E-state index in [-0.39, 0.29) is 35.8 Å². The van der Waals surface area contributed by atoms with Crippen molar-refractivity contribution in [3.8, 4) is 0 Å². The van der Waals surface area contributed by atoms with E-state index >= 15 is 0 Å². The van der Waals surface area contributed by atoms with Crippen LogP contribution in [0.25, 0.3) is 0 Å². The van der Waals surface area contributed by atoms with E-state index in [2.05, 4.69) is 10.3 Å². The molecule has 0 aliphatic carbocycles. The number of fused-ring (bicyclic) bond motifs is 1. The van der Waals surface area contributed by atoms with Crippen molar-refractivity contribution >= 4 is 50.4 Å². The number of hydrogen-bond donors (Lipinski definition) is 1. The molecule has 2 fully saturated rings. The van der Waals surface area contributed by atoms with E-state index in [1.54, 1.807) is 26.8 Å². The minimum absolute atomic E-state index is 0.0108. The Labute approximate surface area is 191 Å². The first-order valence-electron chi connectivity index (χ1n) is 9.89. The molecule has 2 aliphatic heterocycles. The molecule has 1 aromatic carbocycles. The molecule has 2 saturated heterocycles. The van der Waals surface area contributed by atoms with Gasteiger partial charge >= 0.3 is 6.09 Å². The van der Waals surface area contributed by atoms with Crippen molar-refractivity contribution in [3.05, 3.63) is 34.9 Å². The standard InChI is InChI=1S/C20H26ClN3O5S2/c1-20(2,3)29-19(26)22-9-8-17(25)23-18-24(10-13-6-4-5-7-14(13)21)15-11-31(27,28)12-16(15)30-18/h4-7,15-16H,8-12H2,1-3H3,(H,22,26)/t15-,16-/m1/s1. The van der Waals surface area contributed by atoms with Gasteiger partial charge in [0.15, 0.2) is 15.0 Å². The Bertz CT molecular complexity index is 991. The van der Waals surface area contributed by atoms with E-state index in [0.717, 1.165) is 5.56 Å². The predicted octanol–water partition coefficient (Wildman–Crippen LogP) is 2.85. The first kappa shape index (κ1) is 23.9. The fraction of sp³-hybridized carbons (Fsp3) is 0.550. The average Bonchev–Trinajstić information content (AvgIpc) is 3.07. The summed E-state index contributed by atoms with van der Waals surface area (Å²) in [6, 6.07) is 7.07. The molecule has 0 spiro atoms. The molecule has 170 valence electrons. The van der Waals surface area contributed by atoms with Crippen LogP contribution in [-0.2, 0) is 25.9 Å². The number of aliphatic imine (C=N–C) groups is 1. The largest absolute Gasteiger partial charge is 0.444 e. The fourth-order valence-electron chi connectivity index (χ4n) is 3.38. The molecule has 2 atom stereocenters. The van der Waals surface area contributed by atoms with E-state index < -0.39 is 27.4 Å². The van der Waals surface area contributed by atoms with Crippen LogP contribution in [0.5, 0.6) is 0 Å². The Balaban J connectivity index is 1.68. The minimum atomic E-state index is -3.13. The predicted molar refractivity (Wildman–Crippen MR) is 122 cm³/mol. The minimum Gasteiger partial charge on any atom is -0.444 e. The number of alkyl carbamates (subject to hydrolysis) is 1. The Kier molecular flexibility index (Phi) is 7.22. The smallest absolute Gasteiger partial charge is 0.407 e. The summed E-state index contributed by atoms with van der Waals surface area (Å²) in [5.41, 5.74) is 0.216. The normalized spacial score (nSPS) is 23.6. The van der Waals surface area contributed by atoms with Crippen LogP contribution in [0.3, 0.4) is 0 Å². The van der Waals surface area contributed by atoms with Gasteiger partial charge in [-0.1, -0.05) is 41.6 Å². The molecule has 0 bridgehead atoms. The molecule has 2 heterocycles. The van der Waals surface area contributed by atoms with E-state index in [1.165, 1.54) is 11.8 Å². The topological polar surface area (TPSA) is 105 Å². The molecule has 2 amide bonds. The number of thioether (sulfide) groups is 1. The summed E-state index contributed by atoms with van der Waals surface area (Å²) in [7, 11) is -3.13. The van der Waals surface area contributed by atoms with Crippen LogP contribution in [0.4, 0.5) is 4.79 Å². The molecule has 8 nitrogen and oxygen atoms in total. The average molecular weight is 488 g/mol. The molecule has 0 unspecified atom stereocenters. The lowest BCUT2D eigenvalue weighted by atomic mass is 10.1. The third kappa shape index (κ3) is 6.60. The quantitative estimate of drug-likeness (QED) is 0.680. The highest BCUT2D eigenvalue weighted by atomic mass is 35.5. The number of rotatable bonds is 5. The number of amides is 2. The van der Waals surface area contributed by atoms with Gasteiger partial charge in [-0.05, 0) is 32.4 Å². The zero-order valence-electron chi connectivity index (χ0n) is 17.6. The lowest BCUT2D eigenvalue weighted by Gasteiger charge is -2.25. The molecular formula is C20H26ClN3O5S2. The van der Waals surface area contributed by atoms with Crippen molar-refractivity contribution < 1.29 is 22.7 Å². The number of sulfone groups is 1. The van der Waals surface area contributed by atoms with Crippen molar-refractivity contribution in [2.24, 2.45) is 4.99 Å². The van der Waals surface area contributed by atoms with E-state index in [1.807, 2.05) is 23.1 Å². The summed E-state index contributed by atoms with van der Waals surface area (Å²) in [5.74, 6) is -0.303. The SMILES string of the molecule is CC(C)(C)OC(=O)NCCC(=O)N=C1S[C@@H]2CS(=O)(=O)C[C@H]2N1Cc1ccccc1Cl. The Morgan fingerprint density at radius 3 is 2.68 bits per heavy atom. The van der Waals surface area contributed by atoms with Crippen LogP contribution in [-0.4, -0.2) is 65.4 Å². The van der Waals surface area contributed by atoms with Gasteiger partial charge in [-0.3, -0.25) is 4.79 Å². The Hall–Kier alpha value is -1.78. The van der Waals surface area contributed by atoms with Gasteiger partial charge in [-0.25, -0.2) is 13.2 Å². The second-order valence-electron chi connectivity index (χ2n) is 8.49. The number of carbonyl (C=O) groups is 2. The van der Waals surface area contributed by atoms with Gasteiger partial charge in [0, 0.05) is 29.8 Å². The number of halogens is 1. The maximum Gasteiger partial charge on any atom is 0.407 e. The molecule has 1 aromatic rings. The molecule has 31 heavy (non-hydrogen) atoms. The monoisotopic (exact) mass is 487 g/mol. The summed E-state index contributed by atoms with van der Waals surface area (Å²) in [5, 5.41) is 3.43. The highest BCUT2D eigenvalue weighted by molar-refractivity contribution is 8.15. The number of hydrogen-bond acceptors (Lipinski definition) is 6. The molecule has 1 N–H and O–H groups in total. The first-order valence-corrected chi connectivity index (χ1v) is 13.0. The number of benzene rings is 1. The van der Waals surface area contributed by atoms with Crippen molar-refractivity contribution in [2.45, 2.75) is 50.6 Å². The maximum absolute atomic E-state index is 12.4. The zero-order chi connectivity index (χ0) is 22.8. The van der Waals surface area contributed by atoms with Gasteiger partial charge in [0.2, 0.25) is 5.91 Å². The molecule has 3 rings (SSSR count). The van der Waals surface area contributed by atoms with Crippen molar-refractivity contribution in [1.82, 2.24) is 10.2 Å². The number of ether oxygens (including phenoxy) is 1. The second-order valence-corrected chi connectivity index (χ2v) is 12.3. The van der Waals surface area contributed by atoms with Crippen LogP contribution < -0.4 is 5.32 Å². The highest BCUT2D eigenvalue weighted by Gasteiger charge is 2.48. The summed E-state index contributed by atoms with van der Waals surface area (Å²) in [4.78, 5) is 30.2. The van der Waals surface area contributed by atoms with Crippen LogP contribution in [0.15, 0.2) is 29.3 Å². The maximum atomic E-state index is 12.4. The molecule has 0 saturated carbocycles. The van der Waals surface area contributed by atoms with Crippen LogP contribution in [0, 0.1) is 0 Å². The fourth-order valence-corrected chi connectivity index (χ4v) is 7.54. The number of nitrogens with zero attached hydrogens (tertiary/aromatic N) is 2. The van der Waals surface area contributed by atoms with Crippen LogP contribution in [0.2, 0.25) is 5.02 Å². The third-order valence-corrected chi connectivity index (χ3v) is 8.32. The third-order valence-electron chi connectivity index (χ3n) is 4.70. The van der Waals surface area contributed by atoms with Crippen LogP contribution in [0.1, 0.15) is 32.8 Å². The highest BCUT2D eigenvalue weighted by Crippen LogP contribution is 2.39. The number of nitrogens with one attached hydrogen (secondary N) is 1. The number of amidine groups is 1. The van der Waals surface area contributed by atoms with Gasteiger partial charge in [-0.15, -0.1) is 0 Å². The second kappa shape index (κ2) is 9.38. The molecule has 0 aromatic heterocycles. The first-order chi connectivity index (χ1) is 14.4. The van der Waals surface area contributed by atoms with E-state index in [9.17, 15) is 18.0 Å². The van der Waals surface area contributed by atoms with Crippen molar-refractivity contribution in [2.75, 3.05) is 18.1 Å². The summed E-state index contributed by atoms with van der Waals surface area (Å²) < 4.78 is 29.4. The zero-order valence-corrected chi connectivity index (χ0v) is 20.0. The van der Waals surface area contributed by atoms with Gasteiger partial charge in [0.25, 0.3) is 0 Å². The van der Waals surface area contributed by atoms with Crippen molar-refractivity contribution in [1.29, 1.82) is 0 Å². The van der Waals surface area contributed by atoms with Gasteiger partial charge < -0.3 is 15.0 Å². The van der Waals surface area contributed by atoms with E-state index in [0.29, 0.717) is 16.7 Å². The van der Waals surface area contributed by atoms with Crippen molar-refractivity contribution in [3.63, 3.8) is 0 Å². The molecule has 11 heteroatoms. The number of carbonyl (C=O) groups excluding carboxylic acids is 2. The van der Waals surface area contributed by atoms with Crippen LogP contribution >= 0.6 is 23.4 Å². The van der Waals surface area contributed by atoms with Gasteiger partial charge in [-0.2, -0.15) is 4.99 Å².